The van der Waals surface area contributed by atoms with Gasteiger partial charge in [-0.15, -0.1) is 0 Å². The van der Waals surface area contributed by atoms with Gasteiger partial charge in [0.15, 0.2) is 5.60 Å². The molecule has 6 N–H and O–H groups in total. The standard InChI is InChI=1S/C51H62N10O9/c1-6-47(65)26-30-27-50(46(64)70-5,41-33(15-21-59(28-30)29-47)32-11-8-9-12-36(32)55-41)35-24-34-38(25-40(35)69-4)58(3)43-49(34)17-22-60-20-10-16-48(7-2,42(49)60)44(62)51(43,66)45(63)54-19-18-53-37-14-13-31(56-57-52)23-39(37)61(67)68/h8-14,16,23-25,30,42-44,53,55,62,65-66H,6-7,15,17-22,26-29H2,1-5H3,(H,54,63)/t30-,42?,43?,44?,47+,48-,49?,50+,51-/m1/s1. The average Bonchev–Trinajstić information content (AvgIpc) is 4.02. The Labute approximate surface area is 405 Å². The van der Waals surface area contributed by atoms with Crippen LogP contribution in [0.2, 0.25) is 0 Å². The van der Waals surface area contributed by atoms with Crippen molar-refractivity contribution in [2.45, 2.75) is 92.6 Å². The number of methoxy groups -OCH3 is 2. The zero-order valence-electron chi connectivity index (χ0n) is 40.3. The minimum Gasteiger partial charge on any atom is -0.496 e. The van der Waals surface area contributed by atoms with Crippen molar-refractivity contribution in [1.29, 1.82) is 0 Å². The van der Waals surface area contributed by atoms with Gasteiger partial charge in [0.05, 0.1) is 30.8 Å². The molecular formula is C51H62N10O9. The number of nitrogens with one attached hydrogen (secondary N) is 3. The van der Waals surface area contributed by atoms with Gasteiger partial charge in [0.25, 0.3) is 11.6 Å². The lowest BCUT2D eigenvalue weighted by atomic mass is 9.47. The van der Waals surface area contributed by atoms with Crippen LogP contribution in [0.5, 0.6) is 5.75 Å². The maximum Gasteiger partial charge on any atom is 0.322 e. The van der Waals surface area contributed by atoms with Gasteiger partial charge in [0.2, 0.25) is 0 Å². The van der Waals surface area contributed by atoms with Crippen molar-refractivity contribution in [2.75, 3.05) is 77.3 Å². The Morgan fingerprint density at radius 3 is 2.57 bits per heavy atom. The molecule has 70 heavy (non-hydrogen) atoms. The molecule has 1 aliphatic carbocycles. The molecule has 0 radical (unpaired) electrons. The first kappa shape index (κ1) is 47.5. The number of hydrogen-bond donors (Lipinski definition) is 6. The van der Waals surface area contributed by atoms with Gasteiger partial charge in [-0.05, 0) is 85.8 Å². The van der Waals surface area contributed by atoms with Gasteiger partial charge < -0.3 is 45.3 Å². The Hall–Kier alpha value is -6.21. The molecule has 1 spiro atoms. The van der Waals surface area contributed by atoms with Crippen LogP contribution >= 0.6 is 0 Å². The molecule has 370 valence electrons. The number of carbonyl (C=O) groups is 2. The van der Waals surface area contributed by atoms with Crippen molar-refractivity contribution >= 4 is 45.5 Å². The number of fused-ring (bicyclic) bond motifs is 6. The van der Waals surface area contributed by atoms with Gasteiger partial charge in [-0.1, -0.05) is 55.4 Å². The highest BCUT2D eigenvalue weighted by molar-refractivity contribution is 5.95. The Kier molecular flexibility index (Phi) is 11.7. The second kappa shape index (κ2) is 17.3. The van der Waals surface area contributed by atoms with Crippen LogP contribution in [-0.4, -0.2) is 143 Å². The van der Waals surface area contributed by atoms with E-state index in [9.17, 15) is 25.4 Å². The topological polar surface area (TPSA) is 255 Å². The number of nitro benzene ring substituents is 1. The molecule has 6 heterocycles. The second-order valence-corrected chi connectivity index (χ2v) is 20.5. The first-order valence-corrected chi connectivity index (χ1v) is 24.4. The highest BCUT2D eigenvalue weighted by Crippen LogP contribution is 2.67. The number of H-pyrrole nitrogens is 1. The first-order chi connectivity index (χ1) is 33.6. The number of para-hydroxylation sites is 1. The molecule has 19 heteroatoms. The molecule has 3 aromatic carbocycles. The van der Waals surface area contributed by atoms with Gasteiger partial charge in [-0.25, -0.2) is 0 Å². The fraction of sp³-hybridized carbons (Fsp3) is 0.529. The number of aliphatic hydroxyl groups is 3. The van der Waals surface area contributed by atoms with E-state index in [0.29, 0.717) is 87.5 Å². The monoisotopic (exact) mass is 958 g/mol. The van der Waals surface area contributed by atoms with Gasteiger partial charge >= 0.3 is 5.97 Å². The zero-order chi connectivity index (χ0) is 49.5. The van der Waals surface area contributed by atoms with Crippen molar-refractivity contribution in [3.05, 3.63) is 110 Å². The number of azide groups is 1. The Morgan fingerprint density at radius 2 is 1.84 bits per heavy atom. The number of aromatic amines is 1. The summed E-state index contributed by atoms with van der Waals surface area (Å²) in [6.45, 7) is 6.99. The molecule has 5 aliphatic heterocycles. The van der Waals surface area contributed by atoms with Gasteiger partial charge in [0.1, 0.15) is 23.0 Å². The molecule has 10 rings (SSSR count). The summed E-state index contributed by atoms with van der Waals surface area (Å²) in [7, 11) is 4.82. The molecule has 1 amide bonds. The van der Waals surface area contributed by atoms with Crippen molar-refractivity contribution < 1.29 is 39.3 Å². The molecule has 1 aromatic heterocycles. The van der Waals surface area contributed by atoms with Crippen LogP contribution in [0.1, 0.15) is 68.3 Å². The molecule has 2 bridgehead atoms. The number of nitrogens with zero attached hydrogens (tertiary/aromatic N) is 7. The van der Waals surface area contributed by atoms with Crippen molar-refractivity contribution in [2.24, 2.45) is 16.4 Å². The third kappa shape index (κ3) is 6.69. The number of rotatable bonds is 12. The van der Waals surface area contributed by atoms with E-state index in [1.165, 1.54) is 19.2 Å². The summed E-state index contributed by atoms with van der Waals surface area (Å²) in [5.74, 6) is -1.01. The minimum absolute atomic E-state index is 0.0149. The summed E-state index contributed by atoms with van der Waals surface area (Å²) in [4.78, 5) is 55.0. The van der Waals surface area contributed by atoms with Crippen LogP contribution in [0.3, 0.4) is 0 Å². The Bertz CT molecular complexity index is 2870. The zero-order valence-corrected chi connectivity index (χ0v) is 40.3. The van der Waals surface area contributed by atoms with E-state index in [4.69, 9.17) is 15.0 Å². The van der Waals surface area contributed by atoms with Gasteiger partial charge in [0, 0.05) is 114 Å². The maximum atomic E-state index is 15.5. The normalized spacial score (nSPS) is 32.8. The molecule has 3 fully saturated rings. The lowest BCUT2D eigenvalue weighted by Crippen LogP contribution is -2.81. The lowest BCUT2D eigenvalue weighted by molar-refractivity contribution is -0.383. The molecule has 10 atom stereocenters. The summed E-state index contributed by atoms with van der Waals surface area (Å²) in [6, 6.07) is 14.7. The molecule has 19 nitrogen and oxygen atoms in total. The minimum atomic E-state index is -2.42. The molecule has 5 unspecified atom stereocenters. The van der Waals surface area contributed by atoms with E-state index in [1.54, 1.807) is 7.11 Å². The number of benzene rings is 3. The first-order valence-electron chi connectivity index (χ1n) is 24.4. The van der Waals surface area contributed by atoms with E-state index in [2.05, 4.69) is 47.6 Å². The van der Waals surface area contributed by atoms with E-state index in [-0.39, 0.29) is 48.5 Å². The Morgan fingerprint density at radius 1 is 1.04 bits per heavy atom. The van der Waals surface area contributed by atoms with Crippen LogP contribution in [0.15, 0.2) is 71.9 Å². The number of amides is 1. The SMILES string of the molecule is CC[C@]1(O)C[C@H]2CN(CCc3c([nH]c4ccccc34)[C@@](C(=O)OC)(c3cc4c(cc3OC)N(C)C3C45CCN4CC=C[C@](CC)(C45)C(O)[C@@]3(O)C(=O)NCCNc3ccc(N=[N+]=[N-])cc3[N+](=O)[O-])C2)C1. The molecular weight excluding hydrogens is 897 g/mol. The van der Waals surface area contributed by atoms with Crippen molar-refractivity contribution in [3.63, 3.8) is 0 Å². The molecule has 1 saturated carbocycles. The fourth-order valence-electron chi connectivity index (χ4n) is 14.5. The van der Waals surface area contributed by atoms with Crippen molar-refractivity contribution in [3.8, 4) is 5.75 Å². The number of anilines is 2. The van der Waals surface area contributed by atoms with Crippen molar-refractivity contribution in [1.82, 2.24) is 20.1 Å². The van der Waals surface area contributed by atoms with Crippen LogP contribution in [0.25, 0.3) is 21.3 Å². The quantitative estimate of drug-likeness (QED) is 0.0154. The second-order valence-electron chi connectivity index (χ2n) is 20.5. The lowest BCUT2D eigenvalue weighted by Gasteiger charge is -2.63. The van der Waals surface area contributed by atoms with Gasteiger partial charge in [-0.2, -0.15) is 0 Å². The summed E-state index contributed by atoms with van der Waals surface area (Å²) in [6.07, 6.45) is 5.24. The van der Waals surface area contributed by atoms with Crippen LogP contribution in [0, 0.1) is 21.4 Å². The number of hydrogen-bond acceptors (Lipinski definition) is 14. The van der Waals surface area contributed by atoms with E-state index in [0.717, 1.165) is 28.1 Å². The number of nitro groups is 1. The van der Waals surface area contributed by atoms with E-state index >= 15 is 9.59 Å². The van der Waals surface area contributed by atoms with Gasteiger partial charge in [-0.3, -0.25) is 29.5 Å². The average molecular weight is 959 g/mol. The predicted molar refractivity (Wildman–Crippen MR) is 262 cm³/mol. The third-order valence-electron chi connectivity index (χ3n) is 17.3. The summed E-state index contributed by atoms with van der Waals surface area (Å²) < 4.78 is 12.4. The molecule has 6 aliphatic rings. The maximum absolute atomic E-state index is 15.5. The molecule has 4 aromatic rings. The Balaban J connectivity index is 1.13. The number of ether oxygens (including phenoxy) is 2. The summed E-state index contributed by atoms with van der Waals surface area (Å²) >= 11 is 0. The smallest absolute Gasteiger partial charge is 0.322 e. The predicted octanol–water partition coefficient (Wildman–Crippen LogP) is 5.33. The number of aliphatic hydroxyl groups excluding tert-OH is 1. The fourth-order valence-corrected chi connectivity index (χ4v) is 14.5. The van der Waals surface area contributed by atoms with Crippen LogP contribution in [-0.2, 0) is 31.6 Å². The number of piperidine rings is 1. The van der Waals surface area contributed by atoms with Crippen LogP contribution in [0.4, 0.5) is 22.7 Å². The number of carbonyl (C=O) groups excluding carboxylic acids is 2. The number of aromatic nitrogens is 1. The van der Waals surface area contributed by atoms with Crippen LogP contribution < -0.4 is 20.3 Å². The number of esters is 1. The number of likely N-dealkylation sites (N-methyl/N-ethyl adjacent to an activating group) is 1. The largest absolute Gasteiger partial charge is 0.496 e. The summed E-state index contributed by atoms with van der Waals surface area (Å²) in [5.41, 5.74) is 6.45. The van der Waals surface area contributed by atoms with E-state index < -0.39 is 56.4 Å². The highest BCUT2D eigenvalue weighted by atomic mass is 16.6. The molecule has 2 saturated heterocycles. The highest BCUT2D eigenvalue weighted by Gasteiger charge is 2.78. The summed E-state index contributed by atoms with van der Waals surface area (Å²) in [5, 5.41) is 60.8. The third-order valence-corrected chi connectivity index (χ3v) is 17.3. The van der Waals surface area contributed by atoms with E-state index in [1.807, 2.05) is 62.2 Å².